The summed E-state index contributed by atoms with van der Waals surface area (Å²) in [5, 5.41) is 4.57. The van der Waals surface area contributed by atoms with Crippen LogP contribution in [0.5, 0.6) is 5.75 Å². The number of nitrogens with zero attached hydrogens (tertiary/aromatic N) is 2. The molecule has 9 heteroatoms. The highest BCUT2D eigenvalue weighted by Crippen LogP contribution is 2.25. The maximum atomic E-state index is 13.3. The minimum Gasteiger partial charge on any atom is -0.497 e. The third-order valence-corrected chi connectivity index (χ3v) is 6.91. The van der Waals surface area contributed by atoms with Crippen LogP contribution in [0.2, 0.25) is 5.02 Å². The zero-order valence-corrected chi connectivity index (χ0v) is 20.0. The highest BCUT2D eigenvalue weighted by molar-refractivity contribution is 7.92. The predicted octanol–water partition coefficient (Wildman–Crippen LogP) is 4.39. The smallest absolute Gasteiger partial charge is 0.264 e. The van der Waals surface area contributed by atoms with Crippen molar-refractivity contribution in [3.63, 3.8) is 0 Å². The van der Waals surface area contributed by atoms with E-state index >= 15 is 0 Å². The number of anilines is 1. The molecule has 0 fully saturated rings. The SMILES string of the molecule is COc1ccc(/C(C)=N\NC(=O)CN(c2ccc(Cl)cc2)S(=O)(=O)c2ccc(C)cc2)cc1. The Labute approximate surface area is 198 Å². The Morgan fingerprint density at radius 1 is 1.00 bits per heavy atom. The molecule has 0 bridgehead atoms. The van der Waals surface area contributed by atoms with Crippen LogP contribution in [0.25, 0.3) is 0 Å². The summed E-state index contributed by atoms with van der Waals surface area (Å²) in [6, 6.07) is 19.9. The summed E-state index contributed by atoms with van der Waals surface area (Å²) in [6.45, 7) is 3.14. The molecular formula is C24H24ClN3O4S. The zero-order valence-electron chi connectivity index (χ0n) is 18.4. The van der Waals surface area contributed by atoms with Crippen LogP contribution in [-0.2, 0) is 14.8 Å². The minimum atomic E-state index is -4.01. The minimum absolute atomic E-state index is 0.0776. The van der Waals surface area contributed by atoms with Gasteiger partial charge in [0.25, 0.3) is 15.9 Å². The van der Waals surface area contributed by atoms with E-state index in [1.165, 1.54) is 12.1 Å². The molecule has 0 spiro atoms. The van der Waals surface area contributed by atoms with E-state index in [1.54, 1.807) is 62.6 Å². The second kappa shape index (κ2) is 10.5. The second-order valence-electron chi connectivity index (χ2n) is 7.26. The van der Waals surface area contributed by atoms with Gasteiger partial charge in [0.05, 0.1) is 23.4 Å². The number of halogens is 1. The van der Waals surface area contributed by atoms with Gasteiger partial charge in [-0.1, -0.05) is 29.3 Å². The van der Waals surface area contributed by atoms with Crippen LogP contribution >= 0.6 is 11.6 Å². The summed E-state index contributed by atoms with van der Waals surface area (Å²) in [6.07, 6.45) is 0. The lowest BCUT2D eigenvalue weighted by molar-refractivity contribution is -0.119. The van der Waals surface area contributed by atoms with Crippen molar-refractivity contribution in [1.82, 2.24) is 5.43 Å². The summed E-state index contributed by atoms with van der Waals surface area (Å²) < 4.78 is 32.9. The molecule has 0 aromatic heterocycles. The van der Waals surface area contributed by atoms with Crippen LogP contribution < -0.4 is 14.5 Å². The molecule has 172 valence electrons. The van der Waals surface area contributed by atoms with Gasteiger partial charge in [0, 0.05) is 5.02 Å². The quantitative estimate of drug-likeness (QED) is 0.378. The van der Waals surface area contributed by atoms with Gasteiger partial charge in [-0.3, -0.25) is 9.10 Å². The van der Waals surface area contributed by atoms with Gasteiger partial charge >= 0.3 is 0 Å². The van der Waals surface area contributed by atoms with Crippen molar-refractivity contribution < 1.29 is 17.9 Å². The van der Waals surface area contributed by atoms with Gasteiger partial charge in [-0.25, -0.2) is 13.8 Å². The molecule has 3 rings (SSSR count). The van der Waals surface area contributed by atoms with Crippen LogP contribution in [-0.4, -0.2) is 33.7 Å². The van der Waals surface area contributed by atoms with Crippen molar-refractivity contribution in [3.8, 4) is 5.75 Å². The van der Waals surface area contributed by atoms with E-state index in [9.17, 15) is 13.2 Å². The third-order valence-electron chi connectivity index (χ3n) is 4.87. The number of methoxy groups -OCH3 is 1. The van der Waals surface area contributed by atoms with Gasteiger partial charge in [0.1, 0.15) is 12.3 Å². The molecule has 0 aliphatic rings. The van der Waals surface area contributed by atoms with E-state index in [4.69, 9.17) is 16.3 Å². The maximum absolute atomic E-state index is 13.3. The van der Waals surface area contributed by atoms with E-state index in [1.807, 2.05) is 19.1 Å². The topological polar surface area (TPSA) is 88.1 Å². The molecule has 0 radical (unpaired) electrons. The fourth-order valence-corrected chi connectivity index (χ4v) is 4.52. The molecular weight excluding hydrogens is 462 g/mol. The Morgan fingerprint density at radius 2 is 1.61 bits per heavy atom. The number of nitrogens with one attached hydrogen (secondary N) is 1. The second-order valence-corrected chi connectivity index (χ2v) is 9.56. The number of carbonyl (C=O) groups is 1. The Kier molecular flexibility index (Phi) is 7.73. The fourth-order valence-electron chi connectivity index (χ4n) is 2.97. The van der Waals surface area contributed by atoms with Gasteiger partial charge in [0.2, 0.25) is 0 Å². The molecule has 1 amide bonds. The first-order valence-corrected chi connectivity index (χ1v) is 11.8. The van der Waals surface area contributed by atoms with E-state index in [2.05, 4.69) is 10.5 Å². The van der Waals surface area contributed by atoms with Gasteiger partial charge < -0.3 is 4.74 Å². The summed E-state index contributed by atoms with van der Waals surface area (Å²) in [5.41, 5.74) is 5.02. The maximum Gasteiger partial charge on any atom is 0.264 e. The van der Waals surface area contributed by atoms with Crippen molar-refractivity contribution >= 4 is 38.9 Å². The molecule has 0 aliphatic carbocycles. The molecule has 1 N–H and O–H groups in total. The Balaban J connectivity index is 1.84. The number of aryl methyl sites for hydroxylation is 1. The molecule has 0 saturated heterocycles. The number of hydrazone groups is 1. The van der Waals surface area contributed by atoms with Crippen molar-refractivity contribution in [3.05, 3.63) is 88.9 Å². The average Bonchev–Trinajstić information content (AvgIpc) is 2.82. The van der Waals surface area contributed by atoms with Crippen LogP contribution in [0.1, 0.15) is 18.1 Å². The normalized spacial score (nSPS) is 11.7. The first-order chi connectivity index (χ1) is 15.7. The Hall–Kier alpha value is -3.36. The van der Waals surface area contributed by atoms with E-state index in [0.29, 0.717) is 22.2 Å². The fraction of sp³-hybridized carbons (Fsp3) is 0.167. The molecule has 3 aromatic rings. The number of benzene rings is 3. The number of sulfonamides is 1. The number of carbonyl (C=O) groups excluding carboxylic acids is 1. The third kappa shape index (κ3) is 6.12. The Bertz CT molecular complexity index is 1240. The summed E-state index contributed by atoms with van der Waals surface area (Å²) >= 11 is 5.96. The van der Waals surface area contributed by atoms with Crippen LogP contribution in [0.15, 0.2) is 82.8 Å². The van der Waals surface area contributed by atoms with Gasteiger partial charge in [-0.2, -0.15) is 5.10 Å². The van der Waals surface area contributed by atoms with Crippen molar-refractivity contribution in [2.24, 2.45) is 5.10 Å². The number of ether oxygens (including phenoxy) is 1. The monoisotopic (exact) mass is 485 g/mol. The first-order valence-electron chi connectivity index (χ1n) is 10.0. The highest BCUT2D eigenvalue weighted by atomic mass is 35.5. The van der Waals surface area contributed by atoms with Gasteiger partial charge in [0.15, 0.2) is 0 Å². The molecule has 0 heterocycles. The standard InChI is InChI=1S/C24H24ClN3O4S/c1-17-4-14-23(15-5-17)33(30,31)28(21-10-8-20(25)9-11-21)16-24(29)27-26-18(2)19-6-12-22(32-3)13-7-19/h4-15H,16H2,1-3H3,(H,27,29)/b26-18-. The average molecular weight is 486 g/mol. The molecule has 7 nitrogen and oxygen atoms in total. The lowest BCUT2D eigenvalue weighted by Gasteiger charge is -2.24. The predicted molar refractivity (Wildman–Crippen MR) is 131 cm³/mol. The zero-order chi connectivity index (χ0) is 24.0. The lowest BCUT2D eigenvalue weighted by atomic mass is 10.1. The molecule has 0 unspecified atom stereocenters. The molecule has 0 atom stereocenters. The highest BCUT2D eigenvalue weighted by Gasteiger charge is 2.27. The summed E-state index contributed by atoms with van der Waals surface area (Å²) in [4.78, 5) is 12.8. The van der Waals surface area contributed by atoms with E-state index < -0.39 is 22.5 Å². The Morgan fingerprint density at radius 3 is 2.18 bits per heavy atom. The molecule has 3 aromatic carbocycles. The molecule has 33 heavy (non-hydrogen) atoms. The number of hydrogen-bond donors (Lipinski definition) is 1. The van der Waals surface area contributed by atoms with Crippen LogP contribution in [0.3, 0.4) is 0 Å². The van der Waals surface area contributed by atoms with Crippen LogP contribution in [0, 0.1) is 6.92 Å². The number of hydrogen-bond acceptors (Lipinski definition) is 5. The van der Waals surface area contributed by atoms with Gasteiger partial charge in [-0.15, -0.1) is 0 Å². The van der Waals surface area contributed by atoms with Crippen molar-refractivity contribution in [2.75, 3.05) is 18.0 Å². The number of amides is 1. The van der Waals surface area contributed by atoms with Gasteiger partial charge in [-0.05, 0) is 80.1 Å². The largest absolute Gasteiger partial charge is 0.497 e. The summed E-state index contributed by atoms with van der Waals surface area (Å²) in [7, 11) is -2.43. The van der Waals surface area contributed by atoms with E-state index in [-0.39, 0.29) is 4.90 Å². The summed E-state index contributed by atoms with van der Waals surface area (Å²) in [5.74, 6) is 0.115. The molecule has 0 saturated carbocycles. The number of rotatable bonds is 8. The van der Waals surface area contributed by atoms with E-state index in [0.717, 1.165) is 15.4 Å². The van der Waals surface area contributed by atoms with Crippen LogP contribution in [0.4, 0.5) is 5.69 Å². The van der Waals surface area contributed by atoms with Crippen molar-refractivity contribution in [1.29, 1.82) is 0 Å². The van der Waals surface area contributed by atoms with Crippen molar-refractivity contribution in [2.45, 2.75) is 18.7 Å². The lowest BCUT2D eigenvalue weighted by Crippen LogP contribution is -2.39. The first kappa shape index (κ1) is 24.3. The molecule has 0 aliphatic heterocycles.